The smallest absolute Gasteiger partial charge is 0.280 e. The van der Waals surface area contributed by atoms with Gasteiger partial charge in [0.15, 0.2) is 25.3 Å². The van der Waals surface area contributed by atoms with Crippen LogP contribution in [-0.2, 0) is 14.0 Å². The number of aromatic amines is 1. The molecule has 4 N–H and O–H groups in total. The van der Waals surface area contributed by atoms with Gasteiger partial charge in [-0.3, -0.25) is 19.1 Å². The van der Waals surface area contributed by atoms with Crippen LogP contribution < -0.4 is 11.3 Å². The molecule has 0 radical (unpaired) electrons. The first-order valence-electron chi connectivity index (χ1n) is 10.5. The van der Waals surface area contributed by atoms with Gasteiger partial charge >= 0.3 is 0 Å². The van der Waals surface area contributed by atoms with Crippen molar-refractivity contribution >= 4 is 31.2 Å². The highest BCUT2D eigenvalue weighted by Gasteiger charge is 2.49. The Labute approximate surface area is 182 Å². The zero-order valence-electron chi connectivity index (χ0n) is 19.2. The van der Waals surface area contributed by atoms with Gasteiger partial charge < -0.3 is 20.0 Å². The highest BCUT2D eigenvalue weighted by atomic mass is 28.4. The summed E-state index contributed by atoms with van der Waals surface area (Å²) in [7, 11) is -2.33. The van der Waals surface area contributed by atoms with E-state index in [1.165, 1.54) is 6.33 Å². The molecule has 3 heterocycles. The fourth-order valence-corrected chi connectivity index (χ4v) is 4.62. The van der Waals surface area contributed by atoms with Crippen molar-refractivity contribution in [3.05, 3.63) is 16.7 Å². The van der Waals surface area contributed by atoms with Crippen LogP contribution in [0.25, 0.3) is 11.2 Å². The summed E-state index contributed by atoms with van der Waals surface area (Å²) >= 11 is 0. The highest BCUT2D eigenvalue weighted by Crippen LogP contribution is 2.40. The third-order valence-corrected chi connectivity index (χ3v) is 10.7. The van der Waals surface area contributed by atoms with Gasteiger partial charge in [-0.1, -0.05) is 34.6 Å². The molecule has 1 fully saturated rings. The van der Waals surface area contributed by atoms with Crippen molar-refractivity contribution < 1.29 is 19.1 Å². The Hall–Kier alpha value is -2.08. The standard InChI is InChI=1S/C20H33N5O5Si/c1-10(2)14(27)16(30-31(6,7)20(3,4)5)15-11(26)8-12(29-15)25-9-22-13-17(25)23-19(21)24-18(13)28/h9-12,15-16,26H,8H2,1-7H3,(H3,21,23,24,28)/t11-,12+,15-,16?/m0/s1. The molecule has 10 nitrogen and oxygen atoms in total. The Morgan fingerprint density at radius 1 is 1.42 bits per heavy atom. The van der Waals surface area contributed by atoms with Crippen molar-refractivity contribution in [3.8, 4) is 0 Å². The van der Waals surface area contributed by atoms with Gasteiger partial charge in [-0.05, 0) is 18.1 Å². The van der Waals surface area contributed by atoms with Crippen LogP contribution in [0.3, 0.4) is 0 Å². The van der Waals surface area contributed by atoms with Crippen molar-refractivity contribution in [3.63, 3.8) is 0 Å². The molecule has 31 heavy (non-hydrogen) atoms. The third kappa shape index (κ3) is 4.45. The molecule has 11 heteroatoms. The lowest BCUT2D eigenvalue weighted by molar-refractivity contribution is -0.142. The zero-order chi connectivity index (χ0) is 23.3. The number of nitrogens with two attached hydrogens (primary N) is 1. The van der Waals surface area contributed by atoms with Crippen LogP contribution in [0.2, 0.25) is 18.1 Å². The summed E-state index contributed by atoms with van der Waals surface area (Å²) in [6.07, 6.45) is -1.70. The minimum atomic E-state index is -2.33. The topological polar surface area (TPSA) is 145 Å². The number of anilines is 1. The van der Waals surface area contributed by atoms with E-state index in [9.17, 15) is 14.7 Å². The molecule has 0 aromatic carbocycles. The summed E-state index contributed by atoms with van der Waals surface area (Å²) in [6.45, 7) is 14.0. The highest BCUT2D eigenvalue weighted by molar-refractivity contribution is 6.74. The van der Waals surface area contributed by atoms with Crippen LogP contribution in [0.4, 0.5) is 5.95 Å². The molecule has 0 spiro atoms. The summed E-state index contributed by atoms with van der Waals surface area (Å²) in [5.74, 6) is -0.425. The maximum atomic E-state index is 13.1. The second-order valence-electron chi connectivity index (χ2n) is 9.99. The summed E-state index contributed by atoms with van der Waals surface area (Å²) in [4.78, 5) is 35.8. The number of carbonyl (C=O) groups is 1. The Bertz CT molecular complexity index is 1030. The van der Waals surface area contributed by atoms with Crippen molar-refractivity contribution in [1.29, 1.82) is 0 Å². The summed E-state index contributed by atoms with van der Waals surface area (Å²) in [5.41, 5.74) is 5.61. The number of imidazole rings is 1. The van der Waals surface area contributed by atoms with Gasteiger partial charge in [-0.2, -0.15) is 4.98 Å². The number of nitrogens with zero attached hydrogens (tertiary/aromatic N) is 3. The van der Waals surface area contributed by atoms with Gasteiger partial charge in [0, 0.05) is 12.3 Å². The van der Waals surface area contributed by atoms with Crippen molar-refractivity contribution in [2.45, 2.75) is 83.7 Å². The summed E-state index contributed by atoms with van der Waals surface area (Å²) < 4.78 is 14.2. The molecule has 1 saturated heterocycles. The maximum Gasteiger partial charge on any atom is 0.280 e. The quantitative estimate of drug-likeness (QED) is 0.565. The van der Waals surface area contributed by atoms with Crippen LogP contribution in [0.15, 0.2) is 11.1 Å². The fourth-order valence-electron chi connectivity index (χ4n) is 3.38. The number of carbonyl (C=O) groups excluding carboxylic acids is 1. The van der Waals surface area contributed by atoms with E-state index in [2.05, 4.69) is 48.8 Å². The molecule has 2 aromatic heterocycles. The number of fused-ring (bicyclic) bond motifs is 1. The van der Waals surface area contributed by atoms with Crippen molar-refractivity contribution in [2.75, 3.05) is 5.73 Å². The largest absolute Gasteiger partial charge is 0.404 e. The lowest BCUT2D eigenvalue weighted by Gasteiger charge is -2.41. The number of Topliss-reactive ketones (excluding diaryl/α,β-unsaturated/α-hetero) is 1. The normalized spacial score (nSPS) is 23.6. The lowest BCUT2D eigenvalue weighted by Crippen LogP contribution is -2.53. The third-order valence-electron chi connectivity index (χ3n) is 6.27. The first-order chi connectivity index (χ1) is 14.2. The molecule has 4 atom stereocenters. The Kier molecular flexibility index (Phi) is 6.17. The Morgan fingerprint density at radius 3 is 2.65 bits per heavy atom. The van der Waals surface area contributed by atoms with Crippen LogP contribution in [0.5, 0.6) is 0 Å². The molecular weight excluding hydrogens is 418 g/mol. The van der Waals surface area contributed by atoms with Gasteiger partial charge in [0.1, 0.15) is 18.4 Å². The van der Waals surface area contributed by atoms with E-state index in [4.69, 9.17) is 14.9 Å². The van der Waals surface area contributed by atoms with Gasteiger partial charge in [0.05, 0.1) is 12.4 Å². The van der Waals surface area contributed by atoms with E-state index in [1.54, 1.807) is 4.57 Å². The van der Waals surface area contributed by atoms with Crippen LogP contribution >= 0.6 is 0 Å². The van der Waals surface area contributed by atoms with E-state index in [1.807, 2.05) is 13.8 Å². The maximum absolute atomic E-state index is 13.1. The number of hydrogen-bond acceptors (Lipinski definition) is 8. The molecule has 0 saturated carbocycles. The monoisotopic (exact) mass is 451 g/mol. The van der Waals surface area contributed by atoms with Gasteiger partial charge in [0.2, 0.25) is 5.95 Å². The number of rotatable bonds is 6. The van der Waals surface area contributed by atoms with Crippen molar-refractivity contribution in [1.82, 2.24) is 19.5 Å². The van der Waals surface area contributed by atoms with E-state index in [-0.39, 0.29) is 40.3 Å². The number of aromatic nitrogens is 4. The second kappa shape index (κ2) is 8.12. The average Bonchev–Trinajstić information content (AvgIpc) is 3.21. The van der Waals surface area contributed by atoms with Crippen LogP contribution in [0.1, 0.15) is 47.3 Å². The number of aliphatic hydroxyl groups is 1. The van der Waals surface area contributed by atoms with E-state index in [0.717, 1.165) is 0 Å². The van der Waals surface area contributed by atoms with Crippen LogP contribution in [0, 0.1) is 5.92 Å². The average molecular weight is 452 g/mol. The number of aliphatic hydroxyl groups excluding tert-OH is 1. The number of ether oxygens (including phenoxy) is 1. The molecule has 2 aromatic rings. The molecule has 172 valence electrons. The first kappa shape index (κ1) is 23.6. The molecule has 1 aliphatic rings. The first-order valence-corrected chi connectivity index (χ1v) is 13.4. The molecule has 1 unspecified atom stereocenters. The van der Waals surface area contributed by atoms with Gasteiger partial charge in [0.25, 0.3) is 5.56 Å². The molecule has 0 bridgehead atoms. The lowest BCUT2D eigenvalue weighted by atomic mass is 9.97. The molecule has 0 amide bonds. The van der Waals surface area contributed by atoms with Crippen molar-refractivity contribution in [2.24, 2.45) is 5.92 Å². The number of nitrogen functional groups attached to an aromatic ring is 1. The predicted molar refractivity (Wildman–Crippen MR) is 119 cm³/mol. The van der Waals surface area contributed by atoms with E-state index < -0.39 is 38.4 Å². The minimum Gasteiger partial charge on any atom is -0.404 e. The van der Waals surface area contributed by atoms with E-state index >= 15 is 0 Å². The van der Waals surface area contributed by atoms with Gasteiger partial charge in [-0.15, -0.1) is 0 Å². The predicted octanol–water partition coefficient (Wildman–Crippen LogP) is 1.97. The Morgan fingerprint density at radius 2 is 2.06 bits per heavy atom. The fraction of sp³-hybridized carbons (Fsp3) is 0.700. The molecule has 3 rings (SSSR count). The minimum absolute atomic E-state index is 0.0385. The Balaban J connectivity index is 1.94. The van der Waals surface area contributed by atoms with Gasteiger partial charge in [-0.25, -0.2) is 4.98 Å². The number of nitrogens with one attached hydrogen (secondary N) is 1. The number of H-pyrrole nitrogens is 1. The number of hydrogen-bond donors (Lipinski definition) is 3. The number of ketones is 1. The summed E-state index contributed by atoms with van der Waals surface area (Å²) in [6, 6.07) is 0. The molecule has 0 aliphatic carbocycles. The zero-order valence-corrected chi connectivity index (χ0v) is 20.2. The van der Waals surface area contributed by atoms with Crippen LogP contribution in [-0.4, -0.2) is 57.0 Å². The SMILES string of the molecule is CC(C)C(=O)C(O[Si](C)(C)C(C)(C)C)[C@H]1O[C@@H](n2cnc3c(=O)[nH]c(N)nc32)C[C@@H]1O. The second-order valence-corrected chi connectivity index (χ2v) is 14.7. The summed E-state index contributed by atoms with van der Waals surface area (Å²) in [5, 5.41) is 10.7. The molecular formula is C20H33N5O5Si. The van der Waals surface area contributed by atoms with E-state index in [0.29, 0.717) is 0 Å². The molecule has 1 aliphatic heterocycles.